The standard InChI is InChI=1S/C14H18N4O/c15-8-7-11-3-5-12(6-4-11)13-16-17-14(19-13)18-9-1-2-10-18/h3-6H,1-2,7-10,15H2. The number of nitrogens with zero attached hydrogens (tertiary/aromatic N) is 3. The van der Waals surface area contributed by atoms with Crippen LogP contribution in [0.4, 0.5) is 6.01 Å². The largest absolute Gasteiger partial charge is 0.403 e. The fraction of sp³-hybridized carbons (Fsp3) is 0.429. The number of anilines is 1. The zero-order valence-corrected chi connectivity index (χ0v) is 10.9. The van der Waals surface area contributed by atoms with Crippen molar-refractivity contribution in [2.45, 2.75) is 19.3 Å². The van der Waals surface area contributed by atoms with Gasteiger partial charge in [0.2, 0.25) is 5.89 Å². The van der Waals surface area contributed by atoms with Gasteiger partial charge in [-0.2, -0.15) is 0 Å². The number of rotatable bonds is 4. The van der Waals surface area contributed by atoms with Crippen molar-refractivity contribution >= 4 is 6.01 Å². The minimum Gasteiger partial charge on any atom is -0.403 e. The zero-order chi connectivity index (χ0) is 13.1. The summed E-state index contributed by atoms with van der Waals surface area (Å²) in [6.45, 7) is 2.69. The third kappa shape index (κ3) is 2.61. The maximum Gasteiger partial charge on any atom is 0.318 e. The molecule has 1 fully saturated rings. The first-order valence-corrected chi connectivity index (χ1v) is 6.74. The van der Waals surface area contributed by atoms with E-state index in [1.54, 1.807) is 0 Å². The molecule has 1 aliphatic rings. The SMILES string of the molecule is NCCc1ccc(-c2nnc(N3CCCC3)o2)cc1. The van der Waals surface area contributed by atoms with E-state index in [1.165, 1.54) is 18.4 Å². The molecule has 100 valence electrons. The molecule has 0 amide bonds. The van der Waals surface area contributed by atoms with Crippen molar-refractivity contribution in [1.29, 1.82) is 0 Å². The van der Waals surface area contributed by atoms with Gasteiger partial charge in [0.15, 0.2) is 0 Å². The van der Waals surface area contributed by atoms with E-state index in [1.807, 2.05) is 12.1 Å². The average molecular weight is 258 g/mol. The van der Waals surface area contributed by atoms with Gasteiger partial charge in [-0.25, -0.2) is 0 Å². The van der Waals surface area contributed by atoms with Crippen LogP contribution in [0.2, 0.25) is 0 Å². The molecule has 0 radical (unpaired) electrons. The van der Waals surface area contributed by atoms with Crippen LogP contribution >= 0.6 is 0 Å². The Morgan fingerprint density at radius 3 is 2.53 bits per heavy atom. The summed E-state index contributed by atoms with van der Waals surface area (Å²) in [4.78, 5) is 2.14. The summed E-state index contributed by atoms with van der Waals surface area (Å²) in [6, 6.07) is 8.76. The van der Waals surface area contributed by atoms with E-state index < -0.39 is 0 Å². The van der Waals surface area contributed by atoms with Crippen molar-refractivity contribution in [2.24, 2.45) is 5.73 Å². The molecule has 5 heteroatoms. The van der Waals surface area contributed by atoms with Crippen LogP contribution < -0.4 is 10.6 Å². The maximum absolute atomic E-state index is 5.73. The number of hydrogen-bond acceptors (Lipinski definition) is 5. The van der Waals surface area contributed by atoms with Crippen LogP contribution in [0.15, 0.2) is 28.7 Å². The second kappa shape index (κ2) is 5.40. The Hall–Kier alpha value is -1.88. The molecule has 0 aliphatic carbocycles. The van der Waals surface area contributed by atoms with Gasteiger partial charge >= 0.3 is 6.01 Å². The Balaban J connectivity index is 1.77. The van der Waals surface area contributed by atoms with Crippen LogP contribution in [0, 0.1) is 0 Å². The molecule has 2 N–H and O–H groups in total. The smallest absolute Gasteiger partial charge is 0.318 e. The van der Waals surface area contributed by atoms with Crippen molar-refractivity contribution < 1.29 is 4.42 Å². The molecule has 2 heterocycles. The first kappa shape index (κ1) is 12.2. The second-order valence-electron chi connectivity index (χ2n) is 4.82. The van der Waals surface area contributed by atoms with Gasteiger partial charge in [-0.05, 0) is 43.5 Å². The molecule has 0 saturated carbocycles. The first-order chi connectivity index (χ1) is 9.36. The lowest BCUT2D eigenvalue weighted by atomic mass is 10.1. The third-order valence-electron chi connectivity index (χ3n) is 3.42. The highest BCUT2D eigenvalue weighted by Gasteiger charge is 2.18. The van der Waals surface area contributed by atoms with Crippen LogP contribution in [0.5, 0.6) is 0 Å². The van der Waals surface area contributed by atoms with E-state index >= 15 is 0 Å². The second-order valence-corrected chi connectivity index (χ2v) is 4.82. The third-order valence-corrected chi connectivity index (χ3v) is 3.42. The lowest BCUT2D eigenvalue weighted by molar-refractivity contribution is 0.557. The molecule has 0 unspecified atom stereocenters. The molecule has 1 aliphatic heterocycles. The van der Waals surface area contributed by atoms with E-state index in [4.69, 9.17) is 10.2 Å². The molecule has 0 spiro atoms. The summed E-state index contributed by atoms with van der Waals surface area (Å²) in [7, 11) is 0. The van der Waals surface area contributed by atoms with E-state index in [-0.39, 0.29) is 0 Å². The van der Waals surface area contributed by atoms with E-state index in [9.17, 15) is 0 Å². The van der Waals surface area contributed by atoms with Gasteiger partial charge in [0.25, 0.3) is 0 Å². The summed E-state index contributed by atoms with van der Waals surface area (Å²) in [6.07, 6.45) is 3.29. The highest BCUT2D eigenvalue weighted by Crippen LogP contribution is 2.24. The summed E-state index contributed by atoms with van der Waals surface area (Å²) in [5.41, 5.74) is 7.72. The molecule has 1 aromatic carbocycles. The van der Waals surface area contributed by atoms with Gasteiger partial charge in [-0.3, -0.25) is 0 Å². The topological polar surface area (TPSA) is 68.2 Å². The fourth-order valence-corrected chi connectivity index (χ4v) is 2.35. The van der Waals surface area contributed by atoms with Gasteiger partial charge in [0.05, 0.1) is 0 Å². The van der Waals surface area contributed by atoms with E-state index in [0.717, 1.165) is 25.1 Å². The van der Waals surface area contributed by atoms with Crippen molar-refractivity contribution in [2.75, 3.05) is 24.5 Å². The number of aromatic nitrogens is 2. The van der Waals surface area contributed by atoms with Crippen molar-refractivity contribution in [3.8, 4) is 11.5 Å². The number of benzene rings is 1. The van der Waals surface area contributed by atoms with Crippen LogP contribution in [-0.4, -0.2) is 29.8 Å². The molecule has 5 nitrogen and oxygen atoms in total. The lowest BCUT2D eigenvalue weighted by Gasteiger charge is -2.09. The predicted molar refractivity (Wildman–Crippen MR) is 73.9 cm³/mol. The Kier molecular flexibility index (Phi) is 3.46. The highest BCUT2D eigenvalue weighted by atomic mass is 16.4. The van der Waals surface area contributed by atoms with Gasteiger partial charge in [-0.1, -0.05) is 17.2 Å². The Labute approximate surface area is 112 Å². The Morgan fingerprint density at radius 1 is 1.11 bits per heavy atom. The fourth-order valence-electron chi connectivity index (χ4n) is 2.35. The first-order valence-electron chi connectivity index (χ1n) is 6.74. The van der Waals surface area contributed by atoms with Crippen molar-refractivity contribution in [3.05, 3.63) is 29.8 Å². The van der Waals surface area contributed by atoms with Crippen LogP contribution in [0.1, 0.15) is 18.4 Å². The Morgan fingerprint density at radius 2 is 1.84 bits per heavy atom. The molecular formula is C14H18N4O. The van der Waals surface area contributed by atoms with E-state index in [2.05, 4.69) is 27.2 Å². The predicted octanol–water partition coefficient (Wildman–Crippen LogP) is 1.84. The van der Waals surface area contributed by atoms with Gasteiger partial charge in [0, 0.05) is 18.7 Å². The van der Waals surface area contributed by atoms with Crippen molar-refractivity contribution in [1.82, 2.24) is 10.2 Å². The monoisotopic (exact) mass is 258 g/mol. The van der Waals surface area contributed by atoms with Gasteiger partial charge in [0.1, 0.15) is 0 Å². The Bertz CT molecular complexity index is 529. The van der Waals surface area contributed by atoms with E-state index in [0.29, 0.717) is 18.5 Å². The number of nitrogens with two attached hydrogens (primary N) is 1. The van der Waals surface area contributed by atoms with Gasteiger partial charge in [-0.15, -0.1) is 5.10 Å². The summed E-state index contributed by atoms with van der Waals surface area (Å²) in [5.74, 6) is 0.584. The zero-order valence-electron chi connectivity index (χ0n) is 10.9. The normalized spacial score (nSPS) is 15.1. The molecule has 2 aromatic rings. The molecule has 19 heavy (non-hydrogen) atoms. The highest BCUT2D eigenvalue weighted by molar-refractivity contribution is 5.54. The summed E-state index contributed by atoms with van der Waals surface area (Å²) in [5, 5.41) is 8.25. The van der Waals surface area contributed by atoms with Crippen LogP contribution in [0.25, 0.3) is 11.5 Å². The molecule has 3 rings (SSSR count). The van der Waals surface area contributed by atoms with Crippen LogP contribution in [0.3, 0.4) is 0 Å². The quantitative estimate of drug-likeness (QED) is 0.906. The summed E-state index contributed by atoms with van der Waals surface area (Å²) >= 11 is 0. The lowest BCUT2D eigenvalue weighted by Crippen LogP contribution is -2.17. The molecule has 0 bridgehead atoms. The molecular weight excluding hydrogens is 240 g/mol. The van der Waals surface area contributed by atoms with Gasteiger partial charge < -0.3 is 15.1 Å². The molecule has 0 atom stereocenters. The molecule has 1 aromatic heterocycles. The number of hydrogen-bond donors (Lipinski definition) is 1. The molecule has 1 saturated heterocycles. The minimum absolute atomic E-state index is 0.584. The van der Waals surface area contributed by atoms with Crippen molar-refractivity contribution in [3.63, 3.8) is 0 Å². The minimum atomic E-state index is 0.584. The maximum atomic E-state index is 5.73. The average Bonchev–Trinajstić information content (AvgIpc) is 3.11. The summed E-state index contributed by atoms with van der Waals surface area (Å²) < 4.78 is 5.73. The van der Waals surface area contributed by atoms with Crippen LogP contribution in [-0.2, 0) is 6.42 Å².